The number of guanidine groups is 1. The average Bonchev–Trinajstić information content (AvgIpc) is 2.62. The number of nitrogens with zero attached hydrogens (tertiary/aromatic N) is 2. The van der Waals surface area contributed by atoms with E-state index in [0.29, 0.717) is 0 Å². The fourth-order valence-corrected chi connectivity index (χ4v) is 4.08. The maximum absolute atomic E-state index is 13.4. The van der Waals surface area contributed by atoms with Gasteiger partial charge in [-0.2, -0.15) is 0 Å². The lowest BCUT2D eigenvalue weighted by Crippen LogP contribution is -2.72. The lowest BCUT2D eigenvalue weighted by Gasteiger charge is -2.62. The van der Waals surface area contributed by atoms with Crippen LogP contribution in [0.15, 0.2) is 29.3 Å². The van der Waals surface area contributed by atoms with Crippen molar-refractivity contribution >= 4 is 29.9 Å². The summed E-state index contributed by atoms with van der Waals surface area (Å²) in [6.07, 6.45) is 1.86. The van der Waals surface area contributed by atoms with Gasteiger partial charge in [0, 0.05) is 49.7 Å². The number of halogens is 2. The number of hydrogen-bond acceptors (Lipinski definition) is 2. The van der Waals surface area contributed by atoms with Gasteiger partial charge in [0.15, 0.2) is 5.96 Å². The molecule has 0 radical (unpaired) electrons. The van der Waals surface area contributed by atoms with Crippen molar-refractivity contribution in [2.75, 3.05) is 33.4 Å². The molecule has 2 saturated heterocycles. The number of aliphatic imine (C=N–C) groups is 1. The molecule has 0 aromatic heterocycles. The van der Waals surface area contributed by atoms with Crippen molar-refractivity contribution in [2.45, 2.75) is 51.5 Å². The smallest absolute Gasteiger partial charge is 0.194 e. The maximum Gasteiger partial charge on any atom is 0.194 e. The van der Waals surface area contributed by atoms with Crippen LogP contribution in [0.25, 0.3) is 0 Å². The van der Waals surface area contributed by atoms with Gasteiger partial charge in [0.05, 0.1) is 0 Å². The SMILES string of the molecule is CN=C(NCC1(c2ccc(F)cc2)CCOCC1)N1CC(C)(C)C1(C)C.I. The molecule has 1 aromatic carbocycles. The zero-order chi connectivity index (χ0) is 19.0. The molecule has 4 nitrogen and oxygen atoms in total. The minimum atomic E-state index is -0.190. The third kappa shape index (κ3) is 4.11. The number of ether oxygens (including phenoxy) is 1. The summed E-state index contributed by atoms with van der Waals surface area (Å²) in [7, 11) is 1.85. The van der Waals surface area contributed by atoms with Gasteiger partial charge in [0.25, 0.3) is 0 Å². The Hall–Kier alpha value is -0.890. The van der Waals surface area contributed by atoms with E-state index in [1.807, 2.05) is 19.2 Å². The van der Waals surface area contributed by atoms with E-state index >= 15 is 0 Å². The topological polar surface area (TPSA) is 36.9 Å². The summed E-state index contributed by atoms with van der Waals surface area (Å²) in [6.45, 7) is 12.4. The van der Waals surface area contributed by atoms with Gasteiger partial charge in [0.2, 0.25) is 0 Å². The highest BCUT2D eigenvalue weighted by Gasteiger charge is 2.53. The Morgan fingerprint density at radius 1 is 1.15 bits per heavy atom. The molecule has 27 heavy (non-hydrogen) atoms. The molecule has 152 valence electrons. The first kappa shape index (κ1) is 22.4. The monoisotopic (exact) mass is 489 g/mol. The summed E-state index contributed by atoms with van der Waals surface area (Å²) in [5.74, 6) is 0.756. The minimum Gasteiger partial charge on any atom is -0.381 e. The molecule has 2 aliphatic rings. The summed E-state index contributed by atoms with van der Waals surface area (Å²) in [4.78, 5) is 6.89. The van der Waals surface area contributed by atoms with Crippen LogP contribution in [0, 0.1) is 11.2 Å². The Kier molecular flexibility index (Phi) is 6.83. The first-order valence-electron chi connectivity index (χ1n) is 9.54. The number of hydrogen-bond donors (Lipinski definition) is 1. The summed E-state index contributed by atoms with van der Waals surface area (Å²) in [5, 5.41) is 3.62. The fraction of sp³-hybridized carbons (Fsp3) is 0.667. The Balaban J connectivity index is 0.00000261. The van der Waals surface area contributed by atoms with E-state index in [1.54, 1.807) is 12.1 Å². The Morgan fingerprint density at radius 3 is 2.22 bits per heavy atom. The van der Waals surface area contributed by atoms with Crippen molar-refractivity contribution in [1.82, 2.24) is 10.2 Å². The van der Waals surface area contributed by atoms with E-state index in [0.717, 1.165) is 45.1 Å². The summed E-state index contributed by atoms with van der Waals surface area (Å²) >= 11 is 0. The second-order valence-electron chi connectivity index (χ2n) is 8.83. The van der Waals surface area contributed by atoms with Gasteiger partial charge in [-0.15, -0.1) is 24.0 Å². The molecule has 6 heteroatoms. The van der Waals surface area contributed by atoms with Crippen molar-refractivity contribution in [1.29, 1.82) is 0 Å². The van der Waals surface area contributed by atoms with E-state index in [2.05, 4.69) is 42.9 Å². The highest BCUT2D eigenvalue weighted by molar-refractivity contribution is 14.0. The van der Waals surface area contributed by atoms with E-state index in [4.69, 9.17) is 4.74 Å². The number of likely N-dealkylation sites (tertiary alicyclic amines) is 1. The molecule has 3 rings (SSSR count). The quantitative estimate of drug-likeness (QED) is 0.393. The van der Waals surface area contributed by atoms with Gasteiger partial charge < -0.3 is 15.0 Å². The van der Waals surface area contributed by atoms with Gasteiger partial charge >= 0.3 is 0 Å². The Bertz CT molecular complexity index is 667. The third-order valence-corrected chi connectivity index (χ3v) is 6.84. The highest BCUT2D eigenvalue weighted by atomic mass is 127. The molecule has 2 heterocycles. The minimum absolute atomic E-state index is 0. The molecule has 1 N–H and O–H groups in total. The van der Waals surface area contributed by atoms with Crippen molar-refractivity contribution in [2.24, 2.45) is 10.4 Å². The highest BCUT2D eigenvalue weighted by Crippen LogP contribution is 2.46. The molecule has 0 atom stereocenters. The normalized spacial score (nSPS) is 23.2. The van der Waals surface area contributed by atoms with Crippen LogP contribution in [0.4, 0.5) is 4.39 Å². The second-order valence-corrected chi connectivity index (χ2v) is 8.83. The van der Waals surface area contributed by atoms with Crippen LogP contribution in [0.1, 0.15) is 46.1 Å². The number of rotatable bonds is 3. The molecule has 0 spiro atoms. The molecule has 2 aliphatic heterocycles. The maximum atomic E-state index is 13.4. The molecule has 1 aromatic rings. The number of nitrogens with one attached hydrogen (secondary N) is 1. The van der Waals surface area contributed by atoms with Crippen LogP contribution < -0.4 is 5.32 Å². The predicted octanol–water partition coefficient (Wildman–Crippen LogP) is 4.19. The van der Waals surface area contributed by atoms with Crippen LogP contribution in [-0.4, -0.2) is 49.7 Å². The predicted molar refractivity (Wildman–Crippen MR) is 119 cm³/mol. The van der Waals surface area contributed by atoms with Crippen molar-refractivity contribution in [3.8, 4) is 0 Å². The van der Waals surface area contributed by atoms with Crippen LogP contribution in [-0.2, 0) is 10.2 Å². The lowest BCUT2D eigenvalue weighted by molar-refractivity contribution is -0.0671. The van der Waals surface area contributed by atoms with E-state index in [1.165, 1.54) is 5.56 Å². The average molecular weight is 489 g/mol. The standard InChI is InChI=1S/C21H32FN3O.HI/c1-19(2)15-25(20(19,3)4)18(23-5)24-14-21(10-12-26-13-11-21)16-6-8-17(22)9-7-16;/h6-9H,10-15H2,1-5H3,(H,23,24);1H. The molecule has 0 unspecified atom stereocenters. The molecular formula is C21H33FIN3O. The van der Waals surface area contributed by atoms with Crippen molar-refractivity contribution < 1.29 is 9.13 Å². The van der Waals surface area contributed by atoms with Gasteiger partial charge in [-0.25, -0.2) is 4.39 Å². The van der Waals surface area contributed by atoms with Crippen LogP contribution >= 0.6 is 24.0 Å². The molecular weight excluding hydrogens is 456 g/mol. The first-order valence-corrected chi connectivity index (χ1v) is 9.54. The van der Waals surface area contributed by atoms with Crippen molar-refractivity contribution in [3.05, 3.63) is 35.6 Å². The van der Waals surface area contributed by atoms with E-state index in [9.17, 15) is 4.39 Å². The van der Waals surface area contributed by atoms with Gasteiger partial charge in [-0.3, -0.25) is 4.99 Å². The first-order chi connectivity index (χ1) is 12.2. The summed E-state index contributed by atoms with van der Waals surface area (Å²) in [6, 6.07) is 6.95. The zero-order valence-electron chi connectivity index (χ0n) is 17.1. The fourth-order valence-electron chi connectivity index (χ4n) is 4.08. The molecule has 0 aliphatic carbocycles. The Morgan fingerprint density at radius 2 is 1.74 bits per heavy atom. The van der Waals surface area contributed by atoms with Gasteiger partial charge in [0.1, 0.15) is 5.82 Å². The zero-order valence-corrected chi connectivity index (χ0v) is 19.5. The summed E-state index contributed by atoms with van der Waals surface area (Å²) < 4.78 is 19.0. The summed E-state index contributed by atoms with van der Waals surface area (Å²) in [5.41, 5.74) is 1.45. The third-order valence-electron chi connectivity index (χ3n) is 6.84. The van der Waals surface area contributed by atoms with E-state index < -0.39 is 0 Å². The van der Waals surface area contributed by atoms with Crippen molar-refractivity contribution in [3.63, 3.8) is 0 Å². The van der Waals surface area contributed by atoms with Crippen LogP contribution in [0.2, 0.25) is 0 Å². The molecule has 0 saturated carbocycles. The molecule has 0 amide bonds. The van der Waals surface area contributed by atoms with Gasteiger partial charge in [-0.05, 0) is 44.4 Å². The largest absolute Gasteiger partial charge is 0.381 e. The van der Waals surface area contributed by atoms with Gasteiger partial charge in [-0.1, -0.05) is 26.0 Å². The van der Waals surface area contributed by atoms with E-state index in [-0.39, 0.29) is 46.2 Å². The molecule has 2 fully saturated rings. The molecule has 0 bridgehead atoms. The lowest BCUT2D eigenvalue weighted by atomic mass is 9.65. The Labute approximate surface area is 180 Å². The van der Waals surface area contributed by atoms with Crippen LogP contribution in [0.5, 0.6) is 0 Å². The van der Waals surface area contributed by atoms with Crippen LogP contribution in [0.3, 0.4) is 0 Å². The second kappa shape index (κ2) is 8.23. The number of benzene rings is 1.